The van der Waals surface area contributed by atoms with E-state index in [2.05, 4.69) is 11.8 Å². The maximum Gasteiger partial charge on any atom is 0.253 e. The summed E-state index contributed by atoms with van der Waals surface area (Å²) >= 11 is 0. The van der Waals surface area contributed by atoms with Crippen molar-refractivity contribution in [2.45, 2.75) is 38.6 Å². The molecule has 1 heterocycles. The molecule has 1 aromatic carbocycles. The predicted octanol–water partition coefficient (Wildman–Crippen LogP) is 2.48. The first-order chi connectivity index (χ1) is 12.5. The van der Waals surface area contributed by atoms with Gasteiger partial charge in [0, 0.05) is 44.8 Å². The zero-order valence-electron chi connectivity index (χ0n) is 16.1. The van der Waals surface area contributed by atoms with Crippen molar-refractivity contribution in [3.05, 3.63) is 35.9 Å². The quantitative estimate of drug-likeness (QED) is 0.832. The first-order valence-electron chi connectivity index (χ1n) is 9.87. The van der Waals surface area contributed by atoms with E-state index in [4.69, 9.17) is 0 Å². The highest BCUT2D eigenvalue weighted by molar-refractivity contribution is 5.94. The van der Waals surface area contributed by atoms with Crippen LogP contribution in [0, 0.1) is 5.92 Å². The third-order valence-electron chi connectivity index (χ3n) is 5.97. The molecular weight excluding hydrogens is 326 g/mol. The van der Waals surface area contributed by atoms with Crippen molar-refractivity contribution in [1.29, 1.82) is 0 Å². The number of carbonyl (C=O) groups is 2. The minimum Gasteiger partial charge on any atom is -0.342 e. The third kappa shape index (κ3) is 4.64. The molecule has 3 rings (SSSR count). The molecule has 1 aliphatic heterocycles. The molecule has 0 N–H and O–H groups in total. The van der Waals surface area contributed by atoms with E-state index in [1.54, 1.807) is 0 Å². The molecule has 2 aliphatic rings. The molecule has 0 radical (unpaired) electrons. The van der Waals surface area contributed by atoms with Crippen LogP contribution in [0.3, 0.4) is 0 Å². The fourth-order valence-electron chi connectivity index (χ4n) is 4.01. The van der Waals surface area contributed by atoms with Crippen LogP contribution >= 0.6 is 0 Å². The van der Waals surface area contributed by atoms with E-state index in [0.29, 0.717) is 25.7 Å². The van der Waals surface area contributed by atoms with Crippen LogP contribution in [0.5, 0.6) is 0 Å². The average Bonchev–Trinajstić information content (AvgIpc) is 2.68. The van der Waals surface area contributed by atoms with Crippen molar-refractivity contribution >= 4 is 11.8 Å². The normalized spacial score (nSPS) is 24.3. The van der Waals surface area contributed by atoms with Gasteiger partial charge in [-0.1, -0.05) is 25.1 Å². The monoisotopic (exact) mass is 357 g/mol. The van der Waals surface area contributed by atoms with Gasteiger partial charge in [0.05, 0.1) is 6.54 Å². The summed E-state index contributed by atoms with van der Waals surface area (Å²) in [4.78, 5) is 31.2. The van der Waals surface area contributed by atoms with E-state index in [-0.39, 0.29) is 11.8 Å². The van der Waals surface area contributed by atoms with Crippen molar-refractivity contribution in [1.82, 2.24) is 14.7 Å². The lowest BCUT2D eigenvalue weighted by Gasteiger charge is -2.37. The van der Waals surface area contributed by atoms with Crippen LogP contribution in [-0.2, 0) is 4.79 Å². The van der Waals surface area contributed by atoms with Gasteiger partial charge in [0.1, 0.15) is 0 Å². The van der Waals surface area contributed by atoms with E-state index < -0.39 is 0 Å². The molecule has 1 aliphatic carbocycles. The van der Waals surface area contributed by atoms with E-state index in [1.807, 2.05) is 47.2 Å². The molecule has 26 heavy (non-hydrogen) atoms. The minimum absolute atomic E-state index is 0.0880. The number of amides is 2. The van der Waals surface area contributed by atoms with Gasteiger partial charge in [0.2, 0.25) is 5.91 Å². The number of rotatable bonds is 4. The summed E-state index contributed by atoms with van der Waals surface area (Å²) < 4.78 is 0. The average molecular weight is 357 g/mol. The summed E-state index contributed by atoms with van der Waals surface area (Å²) in [6.45, 7) is 5.67. The molecule has 0 bridgehead atoms. The van der Waals surface area contributed by atoms with E-state index >= 15 is 0 Å². The SMILES string of the molecule is CC1CCC(N(C)C(=O)CN2CCN(C(=O)c3ccccc3)CC2)CC1. The van der Waals surface area contributed by atoms with E-state index in [1.165, 1.54) is 12.8 Å². The van der Waals surface area contributed by atoms with Crippen molar-refractivity contribution in [2.24, 2.45) is 5.92 Å². The Morgan fingerprint density at radius 2 is 1.62 bits per heavy atom. The zero-order chi connectivity index (χ0) is 18.5. The predicted molar refractivity (Wildman–Crippen MR) is 103 cm³/mol. The molecule has 1 saturated heterocycles. The Morgan fingerprint density at radius 1 is 1.00 bits per heavy atom. The third-order valence-corrected chi connectivity index (χ3v) is 5.97. The van der Waals surface area contributed by atoms with Crippen LogP contribution < -0.4 is 0 Å². The Labute approximate surface area is 156 Å². The van der Waals surface area contributed by atoms with Gasteiger partial charge < -0.3 is 9.80 Å². The molecule has 1 saturated carbocycles. The highest BCUT2D eigenvalue weighted by Gasteiger charge is 2.27. The Bertz CT molecular complexity index is 603. The Hall–Kier alpha value is -1.88. The molecule has 2 amide bonds. The fraction of sp³-hybridized carbons (Fsp3) is 0.619. The smallest absolute Gasteiger partial charge is 0.253 e. The largest absolute Gasteiger partial charge is 0.342 e. The van der Waals surface area contributed by atoms with Gasteiger partial charge in [-0.3, -0.25) is 14.5 Å². The zero-order valence-corrected chi connectivity index (χ0v) is 16.1. The van der Waals surface area contributed by atoms with Crippen molar-refractivity contribution in [3.63, 3.8) is 0 Å². The molecule has 0 aromatic heterocycles. The number of carbonyl (C=O) groups excluding carboxylic acids is 2. The summed E-state index contributed by atoms with van der Waals surface area (Å²) in [5.41, 5.74) is 0.739. The Kier molecular flexibility index (Phi) is 6.30. The lowest BCUT2D eigenvalue weighted by Crippen LogP contribution is -2.52. The molecule has 142 valence electrons. The first kappa shape index (κ1) is 18.9. The molecule has 5 heteroatoms. The highest BCUT2D eigenvalue weighted by Crippen LogP contribution is 2.26. The van der Waals surface area contributed by atoms with E-state index in [9.17, 15) is 9.59 Å². The lowest BCUT2D eigenvalue weighted by molar-refractivity contribution is -0.134. The highest BCUT2D eigenvalue weighted by atomic mass is 16.2. The van der Waals surface area contributed by atoms with Gasteiger partial charge in [-0.2, -0.15) is 0 Å². The van der Waals surface area contributed by atoms with Crippen LogP contribution in [0.25, 0.3) is 0 Å². The maximum atomic E-state index is 12.6. The number of benzene rings is 1. The van der Waals surface area contributed by atoms with Crippen molar-refractivity contribution < 1.29 is 9.59 Å². The van der Waals surface area contributed by atoms with Crippen LogP contribution in [-0.4, -0.2) is 72.3 Å². The summed E-state index contributed by atoms with van der Waals surface area (Å²) in [7, 11) is 1.96. The molecule has 0 unspecified atom stereocenters. The second-order valence-electron chi connectivity index (χ2n) is 7.85. The fourth-order valence-corrected chi connectivity index (χ4v) is 4.01. The van der Waals surface area contributed by atoms with Gasteiger partial charge in [-0.15, -0.1) is 0 Å². The molecule has 0 atom stereocenters. The van der Waals surface area contributed by atoms with Crippen molar-refractivity contribution in [2.75, 3.05) is 39.8 Å². The molecule has 2 fully saturated rings. The van der Waals surface area contributed by atoms with Gasteiger partial charge in [-0.25, -0.2) is 0 Å². The number of hydrogen-bond donors (Lipinski definition) is 0. The summed E-state index contributed by atoms with van der Waals surface area (Å²) in [6, 6.07) is 9.83. The van der Waals surface area contributed by atoms with Crippen LogP contribution in [0.4, 0.5) is 0 Å². The van der Waals surface area contributed by atoms with Crippen LogP contribution in [0.15, 0.2) is 30.3 Å². The number of piperazine rings is 1. The number of likely N-dealkylation sites (N-methyl/N-ethyl adjacent to an activating group) is 1. The summed E-state index contributed by atoms with van der Waals surface area (Å²) in [5.74, 6) is 1.10. The second kappa shape index (κ2) is 8.67. The summed E-state index contributed by atoms with van der Waals surface area (Å²) in [6.07, 6.45) is 4.71. The second-order valence-corrected chi connectivity index (χ2v) is 7.85. The topological polar surface area (TPSA) is 43.9 Å². The Morgan fingerprint density at radius 3 is 2.23 bits per heavy atom. The Balaban J connectivity index is 1.45. The van der Waals surface area contributed by atoms with Gasteiger partial charge in [0.25, 0.3) is 5.91 Å². The maximum absolute atomic E-state index is 12.6. The van der Waals surface area contributed by atoms with Crippen LogP contribution in [0.2, 0.25) is 0 Å². The van der Waals surface area contributed by atoms with Crippen LogP contribution in [0.1, 0.15) is 43.0 Å². The molecule has 1 aromatic rings. The first-order valence-corrected chi connectivity index (χ1v) is 9.87. The standard InChI is InChI=1S/C21H31N3O2/c1-17-8-10-19(11-9-17)22(2)20(25)16-23-12-14-24(15-13-23)21(26)18-6-4-3-5-7-18/h3-7,17,19H,8-16H2,1-2H3. The van der Waals surface area contributed by atoms with Gasteiger partial charge in [-0.05, 0) is 43.7 Å². The molecule has 0 spiro atoms. The minimum atomic E-state index is 0.0880. The number of nitrogens with zero attached hydrogens (tertiary/aromatic N) is 3. The molecular formula is C21H31N3O2. The van der Waals surface area contributed by atoms with Gasteiger partial charge >= 0.3 is 0 Å². The van der Waals surface area contributed by atoms with E-state index in [0.717, 1.165) is 37.4 Å². The van der Waals surface area contributed by atoms with Crippen molar-refractivity contribution in [3.8, 4) is 0 Å². The van der Waals surface area contributed by atoms with Gasteiger partial charge in [0.15, 0.2) is 0 Å². The molecule has 5 nitrogen and oxygen atoms in total. The summed E-state index contributed by atoms with van der Waals surface area (Å²) in [5, 5.41) is 0. The lowest BCUT2D eigenvalue weighted by atomic mass is 9.87. The number of hydrogen-bond acceptors (Lipinski definition) is 3.